The van der Waals surface area contributed by atoms with E-state index in [0.717, 1.165) is 0 Å². The van der Waals surface area contributed by atoms with Gasteiger partial charge in [0.05, 0.1) is 10.7 Å². The number of carbonyl (C=O) groups is 2. The number of anilines is 1. The van der Waals surface area contributed by atoms with Gasteiger partial charge in [-0.05, 0) is 31.2 Å². The van der Waals surface area contributed by atoms with Crippen LogP contribution in [0.3, 0.4) is 0 Å². The molecule has 5 nitrogen and oxygen atoms in total. The van der Waals surface area contributed by atoms with E-state index < -0.39 is 18.0 Å². The molecule has 2 rings (SSSR count). The Hall–Kier alpha value is -1.89. The minimum atomic E-state index is -0.988. The monoisotopic (exact) mass is 370 g/mol. The summed E-state index contributed by atoms with van der Waals surface area (Å²) >= 11 is 13.2. The molecule has 0 radical (unpaired) electrons. The molecular weight excluding hydrogens is 359 g/mol. The van der Waals surface area contributed by atoms with Crippen LogP contribution in [0.5, 0.6) is 0 Å². The molecule has 0 saturated heterocycles. The smallest absolute Gasteiger partial charge is 0.331 e. The fourth-order valence-corrected chi connectivity index (χ4v) is 2.42. The highest BCUT2D eigenvalue weighted by atomic mass is 35.5. The van der Waals surface area contributed by atoms with Crippen molar-refractivity contribution in [3.8, 4) is 0 Å². The van der Waals surface area contributed by atoms with Crippen molar-refractivity contribution in [1.29, 1.82) is 0 Å². The van der Waals surface area contributed by atoms with Crippen LogP contribution in [0, 0.1) is 0 Å². The SMILES string of the molecule is CC(OC(=O)C=Cc1nccs1)C(=O)Nc1cc(Cl)ccc1Cl. The van der Waals surface area contributed by atoms with Crippen molar-refractivity contribution in [1.82, 2.24) is 4.98 Å². The maximum atomic E-state index is 12.0. The van der Waals surface area contributed by atoms with Gasteiger partial charge in [-0.15, -0.1) is 11.3 Å². The summed E-state index contributed by atoms with van der Waals surface area (Å²) in [4.78, 5) is 27.7. The number of rotatable bonds is 5. The van der Waals surface area contributed by atoms with Crippen LogP contribution in [0.15, 0.2) is 35.9 Å². The van der Waals surface area contributed by atoms with E-state index in [1.165, 1.54) is 36.5 Å². The van der Waals surface area contributed by atoms with E-state index in [1.807, 2.05) is 0 Å². The van der Waals surface area contributed by atoms with Crippen LogP contribution in [-0.4, -0.2) is 23.0 Å². The quantitative estimate of drug-likeness (QED) is 0.636. The standard InChI is InChI=1S/C15H12Cl2N2O3S/c1-9(22-14(20)5-4-13-18-6-7-23-13)15(21)19-12-8-10(16)2-3-11(12)17/h2-9H,1H3,(H,19,21). The van der Waals surface area contributed by atoms with Gasteiger partial charge in [-0.2, -0.15) is 0 Å². The highest BCUT2D eigenvalue weighted by Gasteiger charge is 2.17. The van der Waals surface area contributed by atoms with Crippen molar-refractivity contribution in [2.24, 2.45) is 0 Å². The summed E-state index contributed by atoms with van der Waals surface area (Å²) in [6.45, 7) is 1.46. The van der Waals surface area contributed by atoms with Gasteiger partial charge in [-0.3, -0.25) is 4.79 Å². The van der Waals surface area contributed by atoms with E-state index >= 15 is 0 Å². The molecule has 1 aromatic carbocycles. The van der Waals surface area contributed by atoms with Crippen LogP contribution >= 0.6 is 34.5 Å². The molecule has 1 N–H and O–H groups in total. The fourth-order valence-electron chi connectivity index (χ4n) is 1.55. The Morgan fingerprint density at radius 3 is 2.87 bits per heavy atom. The minimum absolute atomic E-state index is 0.338. The van der Waals surface area contributed by atoms with Crippen molar-refractivity contribution < 1.29 is 14.3 Å². The molecule has 0 aliphatic carbocycles. The Kier molecular flexibility index (Phi) is 6.15. The van der Waals surface area contributed by atoms with Gasteiger partial charge in [-0.25, -0.2) is 9.78 Å². The second-order valence-electron chi connectivity index (χ2n) is 4.40. The summed E-state index contributed by atoms with van der Waals surface area (Å²) in [5.74, 6) is -1.15. The summed E-state index contributed by atoms with van der Waals surface area (Å²) in [6.07, 6.45) is 3.37. The van der Waals surface area contributed by atoms with Crippen molar-refractivity contribution in [3.63, 3.8) is 0 Å². The van der Waals surface area contributed by atoms with Crippen molar-refractivity contribution >= 4 is 58.2 Å². The van der Waals surface area contributed by atoms with Crippen molar-refractivity contribution in [3.05, 3.63) is 50.9 Å². The number of esters is 1. The Bertz CT molecular complexity index is 732. The van der Waals surface area contributed by atoms with E-state index in [-0.39, 0.29) is 0 Å². The predicted octanol–water partition coefficient (Wildman–Crippen LogP) is 4.03. The van der Waals surface area contributed by atoms with Crippen molar-refractivity contribution in [2.45, 2.75) is 13.0 Å². The van der Waals surface area contributed by atoms with Crippen LogP contribution in [0.25, 0.3) is 6.08 Å². The Morgan fingerprint density at radius 2 is 2.17 bits per heavy atom. The molecule has 0 aliphatic heterocycles. The average Bonchev–Trinajstić information content (AvgIpc) is 3.02. The molecule has 1 aromatic heterocycles. The number of nitrogens with zero attached hydrogens (tertiary/aromatic N) is 1. The van der Waals surface area contributed by atoms with E-state index in [2.05, 4.69) is 10.3 Å². The van der Waals surface area contributed by atoms with Crippen LogP contribution in [-0.2, 0) is 14.3 Å². The number of thiazole rings is 1. The Labute approximate surface area is 146 Å². The lowest BCUT2D eigenvalue weighted by molar-refractivity contribution is -0.148. The topological polar surface area (TPSA) is 68.3 Å². The molecule has 2 aromatic rings. The molecule has 0 spiro atoms. The lowest BCUT2D eigenvalue weighted by atomic mass is 10.3. The summed E-state index contributed by atoms with van der Waals surface area (Å²) in [5.41, 5.74) is 0.352. The summed E-state index contributed by atoms with van der Waals surface area (Å²) in [6, 6.07) is 4.68. The van der Waals surface area contributed by atoms with Gasteiger partial charge < -0.3 is 10.1 Å². The molecule has 8 heteroatoms. The number of benzene rings is 1. The second-order valence-corrected chi connectivity index (χ2v) is 6.17. The van der Waals surface area contributed by atoms with Gasteiger partial charge in [0.1, 0.15) is 5.01 Å². The first-order chi connectivity index (χ1) is 11.0. The third-order valence-corrected chi connectivity index (χ3v) is 3.97. The Morgan fingerprint density at radius 1 is 1.39 bits per heavy atom. The predicted molar refractivity (Wildman–Crippen MR) is 91.8 cm³/mol. The number of amides is 1. The molecular formula is C15H12Cl2N2O3S. The van der Waals surface area contributed by atoms with Crippen LogP contribution in [0.2, 0.25) is 10.0 Å². The van der Waals surface area contributed by atoms with E-state index in [0.29, 0.717) is 20.7 Å². The van der Waals surface area contributed by atoms with Crippen molar-refractivity contribution in [2.75, 3.05) is 5.32 Å². The lowest BCUT2D eigenvalue weighted by Gasteiger charge is -2.13. The number of hydrogen-bond acceptors (Lipinski definition) is 5. The third kappa shape index (κ3) is 5.35. The largest absolute Gasteiger partial charge is 0.449 e. The first kappa shape index (κ1) is 17.5. The van der Waals surface area contributed by atoms with Crippen LogP contribution in [0.4, 0.5) is 5.69 Å². The molecule has 1 heterocycles. The second kappa shape index (κ2) is 8.10. The van der Waals surface area contributed by atoms with Gasteiger partial charge in [-0.1, -0.05) is 23.2 Å². The number of nitrogens with one attached hydrogen (secondary N) is 1. The molecule has 0 fully saturated rings. The summed E-state index contributed by atoms with van der Waals surface area (Å²) < 4.78 is 5.02. The summed E-state index contributed by atoms with van der Waals surface area (Å²) in [7, 11) is 0. The fraction of sp³-hybridized carbons (Fsp3) is 0.133. The first-order valence-corrected chi connectivity index (χ1v) is 8.13. The number of hydrogen-bond donors (Lipinski definition) is 1. The number of halogens is 2. The maximum absolute atomic E-state index is 12.0. The molecule has 1 atom stereocenters. The summed E-state index contributed by atoms with van der Waals surface area (Å²) in [5, 5.41) is 5.79. The van der Waals surface area contributed by atoms with Crippen LogP contribution < -0.4 is 5.32 Å². The third-order valence-electron chi connectivity index (χ3n) is 2.66. The molecule has 0 bridgehead atoms. The molecule has 1 unspecified atom stereocenters. The molecule has 1 amide bonds. The van der Waals surface area contributed by atoms with Gasteiger partial charge in [0.15, 0.2) is 6.10 Å². The molecule has 0 aliphatic rings. The molecule has 23 heavy (non-hydrogen) atoms. The number of aromatic nitrogens is 1. The highest BCUT2D eigenvalue weighted by Crippen LogP contribution is 2.25. The zero-order chi connectivity index (χ0) is 16.8. The normalized spacial score (nSPS) is 12.1. The number of ether oxygens (including phenoxy) is 1. The van der Waals surface area contributed by atoms with Crippen LogP contribution in [0.1, 0.15) is 11.9 Å². The van der Waals surface area contributed by atoms with Gasteiger partial charge in [0.25, 0.3) is 5.91 Å². The zero-order valence-electron chi connectivity index (χ0n) is 12.0. The minimum Gasteiger partial charge on any atom is -0.449 e. The highest BCUT2D eigenvalue weighted by molar-refractivity contribution is 7.10. The molecule has 0 saturated carbocycles. The van der Waals surface area contributed by atoms with Gasteiger partial charge >= 0.3 is 5.97 Å². The number of carbonyl (C=O) groups excluding carboxylic acids is 2. The van der Waals surface area contributed by atoms with Gasteiger partial charge in [0, 0.05) is 22.7 Å². The molecule has 120 valence electrons. The maximum Gasteiger partial charge on any atom is 0.331 e. The lowest BCUT2D eigenvalue weighted by Crippen LogP contribution is -2.29. The first-order valence-electron chi connectivity index (χ1n) is 6.50. The average molecular weight is 371 g/mol. The van der Waals surface area contributed by atoms with E-state index in [1.54, 1.807) is 23.7 Å². The zero-order valence-corrected chi connectivity index (χ0v) is 14.3. The van der Waals surface area contributed by atoms with E-state index in [4.69, 9.17) is 27.9 Å². The van der Waals surface area contributed by atoms with Gasteiger partial charge in [0.2, 0.25) is 0 Å². The van der Waals surface area contributed by atoms with E-state index in [9.17, 15) is 9.59 Å². The Balaban J connectivity index is 1.92.